The zero-order chi connectivity index (χ0) is 25.4. The lowest BCUT2D eigenvalue weighted by atomic mass is 10.1. The van der Waals surface area contributed by atoms with Crippen molar-refractivity contribution in [1.29, 1.82) is 0 Å². The van der Waals surface area contributed by atoms with E-state index in [2.05, 4.69) is 25.1 Å². The summed E-state index contributed by atoms with van der Waals surface area (Å²) in [6.45, 7) is 1.60. The fourth-order valence-electron chi connectivity index (χ4n) is 4.72. The van der Waals surface area contributed by atoms with Gasteiger partial charge in [-0.1, -0.05) is 17.7 Å². The van der Waals surface area contributed by atoms with Gasteiger partial charge in [0.25, 0.3) is 0 Å². The van der Waals surface area contributed by atoms with E-state index < -0.39 is 21.2 Å². The summed E-state index contributed by atoms with van der Waals surface area (Å²) in [4.78, 5) is 12.9. The molecule has 0 saturated heterocycles. The summed E-state index contributed by atoms with van der Waals surface area (Å²) in [5.41, 5.74) is 0.606. The second-order valence-corrected chi connectivity index (χ2v) is 12.3. The molecule has 0 aliphatic heterocycles. The van der Waals surface area contributed by atoms with Gasteiger partial charge in [-0.15, -0.1) is 10.2 Å². The van der Waals surface area contributed by atoms with Crippen LogP contribution in [0.15, 0.2) is 30.6 Å². The highest BCUT2D eigenvalue weighted by atomic mass is 35.5. The zero-order valence-corrected chi connectivity index (χ0v) is 22.0. The quantitative estimate of drug-likeness (QED) is 0.362. The first kappa shape index (κ1) is 25.0. The summed E-state index contributed by atoms with van der Waals surface area (Å²) in [5.74, 6) is 2.41. The van der Waals surface area contributed by atoms with E-state index >= 15 is 0 Å². The van der Waals surface area contributed by atoms with Crippen LogP contribution in [0.25, 0.3) is 11.5 Å². The van der Waals surface area contributed by atoms with Crippen molar-refractivity contribution in [1.82, 2.24) is 29.7 Å². The standard InChI is InChI=1S/C24H29ClN6O4S/c1-14(22(35-3)23-26-11-17(25)12-27-23)36(32,33)13-19-29-30-24(18-5-4-6-20(28-18)34-2)31(19)21(15-7-8-15)16-9-10-16/h4-6,11-12,14-16,21-22H,7-10,13H2,1-3H3/t14-,22-/m0/s1. The van der Waals surface area contributed by atoms with Gasteiger partial charge >= 0.3 is 0 Å². The molecule has 2 aliphatic carbocycles. The Hall–Kier alpha value is -2.63. The van der Waals surface area contributed by atoms with E-state index in [4.69, 9.17) is 21.1 Å². The van der Waals surface area contributed by atoms with Crippen LogP contribution in [-0.2, 0) is 20.3 Å². The minimum Gasteiger partial charge on any atom is -0.481 e. The van der Waals surface area contributed by atoms with E-state index in [0.717, 1.165) is 25.7 Å². The van der Waals surface area contributed by atoms with E-state index in [1.165, 1.54) is 19.5 Å². The number of aromatic nitrogens is 6. The average Bonchev–Trinajstić information content (AvgIpc) is 3.81. The second kappa shape index (κ2) is 10.0. The minimum absolute atomic E-state index is 0.154. The molecule has 0 spiro atoms. The number of halogens is 1. The molecule has 0 radical (unpaired) electrons. The lowest BCUT2D eigenvalue weighted by molar-refractivity contribution is 0.0948. The van der Waals surface area contributed by atoms with Gasteiger partial charge in [0.2, 0.25) is 5.88 Å². The Balaban J connectivity index is 1.51. The van der Waals surface area contributed by atoms with Crippen molar-refractivity contribution >= 4 is 21.4 Å². The molecule has 5 rings (SSSR count). The van der Waals surface area contributed by atoms with Crippen molar-refractivity contribution in [3.63, 3.8) is 0 Å². The number of rotatable bonds is 11. The Morgan fingerprint density at radius 2 is 1.75 bits per heavy atom. The van der Waals surface area contributed by atoms with E-state index in [0.29, 0.717) is 40.1 Å². The third-order valence-electron chi connectivity index (χ3n) is 6.91. The summed E-state index contributed by atoms with van der Waals surface area (Å²) in [6.07, 6.45) is 6.47. The minimum atomic E-state index is -3.74. The highest BCUT2D eigenvalue weighted by Gasteiger charge is 2.45. The van der Waals surface area contributed by atoms with E-state index in [1.807, 2.05) is 16.7 Å². The molecule has 3 aromatic rings. The highest BCUT2D eigenvalue weighted by Crippen LogP contribution is 2.53. The molecule has 2 fully saturated rings. The summed E-state index contributed by atoms with van der Waals surface area (Å²) < 4.78 is 40.2. The Labute approximate surface area is 215 Å². The van der Waals surface area contributed by atoms with Gasteiger partial charge in [-0.05, 0) is 50.5 Å². The first-order valence-electron chi connectivity index (χ1n) is 12.0. The number of ether oxygens (including phenoxy) is 2. The molecular weight excluding hydrogens is 504 g/mol. The maximum Gasteiger partial charge on any atom is 0.213 e. The Kier molecular flexibility index (Phi) is 6.97. The number of hydrogen-bond acceptors (Lipinski definition) is 9. The molecule has 2 atom stereocenters. The zero-order valence-electron chi connectivity index (χ0n) is 20.4. The van der Waals surface area contributed by atoms with Crippen LogP contribution in [0.2, 0.25) is 5.02 Å². The largest absolute Gasteiger partial charge is 0.481 e. The molecule has 2 aliphatic rings. The SMILES string of the molecule is COc1cccc(-c2nnc(CS(=O)(=O)[C@@H](C)[C@H](OC)c3ncc(Cl)cn3)n2C(C2CC2)C2CC2)n1. The monoisotopic (exact) mass is 532 g/mol. The normalized spacial score (nSPS) is 17.8. The molecule has 0 aromatic carbocycles. The average molecular weight is 533 g/mol. The van der Waals surface area contributed by atoms with Gasteiger partial charge in [0.1, 0.15) is 23.4 Å². The summed E-state index contributed by atoms with van der Waals surface area (Å²) in [6, 6.07) is 5.61. The molecule has 0 bridgehead atoms. The van der Waals surface area contributed by atoms with Crippen molar-refractivity contribution < 1.29 is 17.9 Å². The predicted octanol–water partition coefficient (Wildman–Crippen LogP) is 3.84. The fraction of sp³-hybridized carbons (Fsp3) is 0.542. The molecule has 3 aromatic heterocycles. The van der Waals surface area contributed by atoms with Gasteiger partial charge in [-0.3, -0.25) is 0 Å². The Morgan fingerprint density at radius 1 is 1.08 bits per heavy atom. The van der Waals surface area contributed by atoms with Crippen LogP contribution in [0.3, 0.4) is 0 Å². The third kappa shape index (κ3) is 5.09. The fourth-order valence-corrected chi connectivity index (χ4v) is 6.25. The van der Waals surface area contributed by atoms with Crippen molar-refractivity contribution in [3.05, 3.63) is 47.3 Å². The van der Waals surface area contributed by atoms with Gasteiger partial charge in [0.05, 0.1) is 17.4 Å². The molecule has 0 N–H and O–H groups in total. The van der Waals surface area contributed by atoms with Crippen molar-refractivity contribution in [2.75, 3.05) is 14.2 Å². The molecule has 0 unspecified atom stereocenters. The van der Waals surface area contributed by atoms with Crippen LogP contribution in [0.5, 0.6) is 5.88 Å². The van der Waals surface area contributed by atoms with Crippen LogP contribution < -0.4 is 4.74 Å². The number of sulfone groups is 1. The number of nitrogens with zero attached hydrogens (tertiary/aromatic N) is 6. The van der Waals surface area contributed by atoms with Gasteiger partial charge in [0, 0.05) is 31.6 Å². The molecule has 0 amide bonds. The molecule has 3 heterocycles. The molecule has 2 saturated carbocycles. The predicted molar refractivity (Wildman–Crippen MR) is 133 cm³/mol. The maximum absolute atomic E-state index is 13.7. The third-order valence-corrected chi connectivity index (χ3v) is 9.14. The van der Waals surface area contributed by atoms with Crippen molar-refractivity contribution in [2.24, 2.45) is 11.8 Å². The summed E-state index contributed by atoms with van der Waals surface area (Å²) in [5, 5.41) is 8.27. The van der Waals surface area contributed by atoms with Crippen LogP contribution >= 0.6 is 11.6 Å². The van der Waals surface area contributed by atoms with Crippen LogP contribution in [0, 0.1) is 11.8 Å². The van der Waals surface area contributed by atoms with Gasteiger partial charge in [-0.2, -0.15) is 0 Å². The molecule has 36 heavy (non-hydrogen) atoms. The smallest absolute Gasteiger partial charge is 0.213 e. The van der Waals surface area contributed by atoms with Crippen LogP contribution in [0.4, 0.5) is 0 Å². The van der Waals surface area contributed by atoms with Gasteiger partial charge < -0.3 is 14.0 Å². The topological polar surface area (TPSA) is 122 Å². The van der Waals surface area contributed by atoms with Crippen LogP contribution in [0.1, 0.15) is 56.4 Å². The second-order valence-electron chi connectivity index (χ2n) is 9.47. The summed E-state index contributed by atoms with van der Waals surface area (Å²) in [7, 11) is -0.734. The van der Waals surface area contributed by atoms with Crippen molar-refractivity contribution in [3.8, 4) is 17.4 Å². The van der Waals surface area contributed by atoms with Crippen molar-refractivity contribution in [2.45, 2.75) is 55.8 Å². The number of methoxy groups -OCH3 is 2. The van der Waals surface area contributed by atoms with Gasteiger partial charge in [-0.25, -0.2) is 23.4 Å². The van der Waals surface area contributed by atoms with Crippen LogP contribution in [-0.4, -0.2) is 57.6 Å². The lowest BCUT2D eigenvalue weighted by Crippen LogP contribution is -2.30. The summed E-state index contributed by atoms with van der Waals surface area (Å²) >= 11 is 5.90. The molecule has 10 nitrogen and oxygen atoms in total. The van der Waals surface area contributed by atoms with E-state index in [1.54, 1.807) is 20.1 Å². The molecule has 192 valence electrons. The molecular formula is C24H29ClN6O4S. The first-order chi connectivity index (χ1) is 17.3. The number of hydrogen-bond donors (Lipinski definition) is 0. The van der Waals surface area contributed by atoms with Gasteiger partial charge in [0.15, 0.2) is 21.5 Å². The molecule has 12 heteroatoms. The number of pyridine rings is 1. The lowest BCUT2D eigenvalue weighted by Gasteiger charge is -2.24. The highest BCUT2D eigenvalue weighted by molar-refractivity contribution is 7.91. The van der Waals surface area contributed by atoms with E-state index in [-0.39, 0.29) is 17.6 Å². The van der Waals surface area contributed by atoms with E-state index in [9.17, 15) is 8.42 Å². The maximum atomic E-state index is 13.7. The Morgan fingerprint density at radius 3 is 2.33 bits per heavy atom. The first-order valence-corrected chi connectivity index (χ1v) is 14.1. The Bertz CT molecular complexity index is 1310.